The average Bonchev–Trinajstić information content (AvgIpc) is 2.79. The first-order valence-corrected chi connectivity index (χ1v) is 9.61. The summed E-state index contributed by atoms with van der Waals surface area (Å²) in [5.41, 5.74) is 14.7. The van der Waals surface area contributed by atoms with Gasteiger partial charge in [0.15, 0.2) is 5.96 Å². The largest absolute Gasteiger partial charge is 0.370 e. The third-order valence-electron chi connectivity index (χ3n) is 4.84. The van der Waals surface area contributed by atoms with Gasteiger partial charge in [0.2, 0.25) is 0 Å². The number of aliphatic imine (C=N–C) groups is 2. The lowest BCUT2D eigenvalue weighted by Gasteiger charge is -2.25. The molecule has 1 heterocycles. The first-order chi connectivity index (χ1) is 13.6. The van der Waals surface area contributed by atoms with Crippen LogP contribution in [0.3, 0.4) is 0 Å². The topological polar surface area (TPSA) is 97.1 Å². The van der Waals surface area contributed by atoms with Gasteiger partial charge in [0.25, 0.3) is 5.91 Å². The fraction of sp³-hybridized carbons (Fsp3) is 0.318. The second-order valence-corrected chi connectivity index (χ2v) is 6.94. The van der Waals surface area contributed by atoms with E-state index in [0.717, 1.165) is 35.4 Å². The van der Waals surface area contributed by atoms with Gasteiger partial charge in [-0.25, -0.2) is 0 Å². The number of rotatable bonds is 7. The van der Waals surface area contributed by atoms with Crippen molar-refractivity contribution in [3.8, 4) is 0 Å². The van der Waals surface area contributed by atoms with Crippen molar-refractivity contribution in [3.05, 3.63) is 65.7 Å². The minimum absolute atomic E-state index is 0.0370. The van der Waals surface area contributed by atoms with Gasteiger partial charge in [-0.05, 0) is 31.4 Å². The summed E-state index contributed by atoms with van der Waals surface area (Å²) in [6.45, 7) is 3.16. The van der Waals surface area contributed by atoms with Crippen molar-refractivity contribution in [2.24, 2.45) is 21.5 Å². The molecule has 3 rings (SSSR count). The Morgan fingerprint density at radius 3 is 2.54 bits per heavy atom. The number of hydrogen-bond acceptors (Lipinski definition) is 3. The molecular weight excluding hydrogens is 350 g/mol. The summed E-state index contributed by atoms with van der Waals surface area (Å²) in [4.78, 5) is 24.1. The van der Waals surface area contributed by atoms with Crippen molar-refractivity contribution in [1.29, 1.82) is 0 Å². The minimum atomic E-state index is -0.424. The SMILES string of the molecule is CC1=NC(Cc2ccccc2)C(=O)N(CCCCN=C(N)N)c2ccccc21. The number of nitrogens with zero attached hydrogens (tertiary/aromatic N) is 3. The molecule has 146 valence electrons. The number of hydrogen-bond donors (Lipinski definition) is 2. The molecule has 0 fully saturated rings. The van der Waals surface area contributed by atoms with E-state index in [0.29, 0.717) is 19.5 Å². The Labute approximate surface area is 166 Å². The highest BCUT2D eigenvalue weighted by Gasteiger charge is 2.30. The number of carbonyl (C=O) groups excluding carboxylic acids is 1. The molecule has 1 atom stereocenters. The Balaban J connectivity index is 1.82. The van der Waals surface area contributed by atoms with Gasteiger partial charge in [-0.3, -0.25) is 14.8 Å². The number of carbonyl (C=O) groups is 1. The van der Waals surface area contributed by atoms with Crippen LogP contribution in [0.4, 0.5) is 5.69 Å². The number of fused-ring (bicyclic) bond motifs is 1. The zero-order chi connectivity index (χ0) is 19.9. The van der Waals surface area contributed by atoms with Crippen LogP contribution < -0.4 is 16.4 Å². The third-order valence-corrected chi connectivity index (χ3v) is 4.84. The Bertz CT molecular complexity index is 872. The number of guanidine groups is 1. The minimum Gasteiger partial charge on any atom is -0.370 e. The Hall–Kier alpha value is -3.15. The van der Waals surface area contributed by atoms with Gasteiger partial charge in [0.05, 0.1) is 5.69 Å². The highest BCUT2D eigenvalue weighted by Crippen LogP contribution is 2.27. The molecule has 6 nitrogen and oxygen atoms in total. The number of nitrogens with two attached hydrogens (primary N) is 2. The van der Waals surface area contributed by atoms with Crippen molar-refractivity contribution in [3.63, 3.8) is 0 Å². The molecule has 28 heavy (non-hydrogen) atoms. The molecule has 0 saturated carbocycles. The van der Waals surface area contributed by atoms with Crippen molar-refractivity contribution >= 4 is 23.3 Å². The Morgan fingerprint density at radius 1 is 1.07 bits per heavy atom. The highest BCUT2D eigenvalue weighted by atomic mass is 16.2. The Kier molecular flexibility index (Phi) is 6.42. The normalized spacial score (nSPS) is 16.2. The zero-order valence-electron chi connectivity index (χ0n) is 16.2. The van der Waals surface area contributed by atoms with Crippen molar-refractivity contribution in [2.45, 2.75) is 32.2 Å². The van der Waals surface area contributed by atoms with E-state index in [2.05, 4.69) is 4.99 Å². The number of para-hydroxylation sites is 1. The quantitative estimate of drug-likeness (QED) is 0.441. The molecule has 1 amide bonds. The van der Waals surface area contributed by atoms with E-state index in [4.69, 9.17) is 16.5 Å². The number of benzodiazepines with no additional fused rings is 1. The monoisotopic (exact) mass is 377 g/mol. The van der Waals surface area contributed by atoms with Crippen LogP contribution in [0.5, 0.6) is 0 Å². The van der Waals surface area contributed by atoms with Crippen LogP contribution in [-0.4, -0.2) is 36.7 Å². The van der Waals surface area contributed by atoms with E-state index in [9.17, 15) is 4.79 Å². The predicted molar refractivity (Wildman–Crippen MR) is 115 cm³/mol. The Morgan fingerprint density at radius 2 is 1.79 bits per heavy atom. The van der Waals surface area contributed by atoms with Crippen LogP contribution >= 0.6 is 0 Å². The molecule has 6 heteroatoms. The van der Waals surface area contributed by atoms with E-state index >= 15 is 0 Å². The summed E-state index contributed by atoms with van der Waals surface area (Å²) in [7, 11) is 0. The van der Waals surface area contributed by atoms with Gasteiger partial charge in [0.1, 0.15) is 6.04 Å². The molecule has 4 N–H and O–H groups in total. The predicted octanol–water partition coefficient (Wildman–Crippen LogP) is 2.51. The average molecular weight is 377 g/mol. The summed E-state index contributed by atoms with van der Waals surface area (Å²) in [5, 5.41) is 0. The van der Waals surface area contributed by atoms with Crippen molar-refractivity contribution < 1.29 is 4.79 Å². The van der Waals surface area contributed by atoms with Crippen LogP contribution in [0.25, 0.3) is 0 Å². The van der Waals surface area contributed by atoms with E-state index in [1.807, 2.05) is 66.4 Å². The molecule has 2 aromatic rings. The molecule has 0 spiro atoms. The van der Waals surface area contributed by atoms with Gasteiger partial charge in [-0.2, -0.15) is 0 Å². The molecule has 1 aliphatic rings. The van der Waals surface area contributed by atoms with Gasteiger partial charge in [-0.1, -0.05) is 48.5 Å². The summed E-state index contributed by atoms with van der Waals surface area (Å²) in [6, 6.07) is 17.6. The molecule has 0 radical (unpaired) electrons. The smallest absolute Gasteiger partial charge is 0.252 e. The first-order valence-electron chi connectivity index (χ1n) is 9.61. The molecule has 2 aromatic carbocycles. The fourth-order valence-electron chi connectivity index (χ4n) is 3.46. The lowest BCUT2D eigenvalue weighted by molar-refractivity contribution is -0.119. The third kappa shape index (κ3) is 4.76. The summed E-state index contributed by atoms with van der Waals surface area (Å²) < 4.78 is 0. The van der Waals surface area contributed by atoms with Gasteiger partial charge in [-0.15, -0.1) is 0 Å². The van der Waals surface area contributed by atoms with Crippen molar-refractivity contribution in [2.75, 3.05) is 18.0 Å². The summed E-state index contributed by atoms with van der Waals surface area (Å²) in [6.07, 6.45) is 2.22. The number of unbranched alkanes of at least 4 members (excludes halogenated alkanes) is 1. The molecule has 0 saturated heterocycles. The van der Waals surface area contributed by atoms with Crippen molar-refractivity contribution in [1.82, 2.24) is 0 Å². The fourth-order valence-corrected chi connectivity index (χ4v) is 3.46. The molecule has 1 unspecified atom stereocenters. The van der Waals surface area contributed by atoms with Crippen LogP contribution in [-0.2, 0) is 11.2 Å². The molecule has 0 aromatic heterocycles. The molecule has 0 aliphatic carbocycles. The summed E-state index contributed by atoms with van der Waals surface area (Å²) in [5.74, 6) is 0.137. The van der Waals surface area contributed by atoms with E-state index in [1.54, 1.807) is 0 Å². The van der Waals surface area contributed by atoms with Gasteiger partial charge in [0, 0.05) is 30.8 Å². The van der Waals surface area contributed by atoms with Crippen LogP contribution in [0.2, 0.25) is 0 Å². The maximum atomic E-state index is 13.4. The maximum Gasteiger partial charge on any atom is 0.252 e. The van der Waals surface area contributed by atoms with Gasteiger partial charge < -0.3 is 16.4 Å². The summed E-state index contributed by atoms with van der Waals surface area (Å²) >= 11 is 0. The first kappa shape index (κ1) is 19.6. The van der Waals surface area contributed by atoms with E-state index in [1.165, 1.54) is 0 Å². The van der Waals surface area contributed by atoms with Crippen LogP contribution in [0.1, 0.15) is 30.9 Å². The number of benzene rings is 2. The molecular formula is C22H27N5O. The zero-order valence-corrected chi connectivity index (χ0v) is 16.2. The lowest BCUT2D eigenvalue weighted by atomic mass is 10.0. The second-order valence-electron chi connectivity index (χ2n) is 6.94. The molecule has 1 aliphatic heterocycles. The van der Waals surface area contributed by atoms with Gasteiger partial charge >= 0.3 is 0 Å². The molecule has 0 bridgehead atoms. The maximum absolute atomic E-state index is 13.4. The second kappa shape index (κ2) is 9.17. The highest BCUT2D eigenvalue weighted by molar-refractivity contribution is 6.11. The van der Waals surface area contributed by atoms with Crippen LogP contribution in [0.15, 0.2) is 64.6 Å². The van der Waals surface area contributed by atoms with Crippen LogP contribution in [0, 0.1) is 0 Å². The van der Waals surface area contributed by atoms with E-state index in [-0.39, 0.29) is 11.9 Å². The standard InChI is InChI=1S/C22H27N5O/c1-16-18-11-5-6-12-20(18)27(14-8-7-13-25-22(23)24)21(28)19(26-16)15-17-9-3-2-4-10-17/h2-6,9-12,19H,7-8,13-15H2,1H3,(H4,23,24,25). The lowest BCUT2D eigenvalue weighted by Crippen LogP contribution is -2.39. The number of amides is 1. The van der Waals surface area contributed by atoms with E-state index < -0.39 is 6.04 Å². The number of anilines is 1.